The van der Waals surface area contributed by atoms with Crippen LogP contribution < -0.4 is 22.5 Å². The van der Waals surface area contributed by atoms with Crippen molar-refractivity contribution in [3.8, 4) is 0 Å². The fourth-order valence-corrected chi connectivity index (χ4v) is 8.23. The first kappa shape index (κ1) is 43.6. The summed E-state index contributed by atoms with van der Waals surface area (Å²) in [5.41, 5.74) is 10.9. The molecular formula is C28H39N9O15P2S2. The number of aliphatic hydroxyl groups is 1. The topological polar surface area (TPSA) is 347 Å². The number of phosphoric ester groups is 2. The van der Waals surface area contributed by atoms with Gasteiger partial charge in [-0.15, -0.1) is 6.58 Å². The minimum absolute atomic E-state index is 0.0176. The van der Waals surface area contributed by atoms with Gasteiger partial charge in [-0.3, -0.25) is 27.5 Å². The van der Waals surface area contributed by atoms with Crippen LogP contribution in [0.1, 0.15) is 31.7 Å². The molecule has 0 aromatic carbocycles. The summed E-state index contributed by atoms with van der Waals surface area (Å²) in [6, 6.07) is 0.0970. The van der Waals surface area contributed by atoms with Crippen molar-refractivity contribution in [3.63, 3.8) is 0 Å². The van der Waals surface area contributed by atoms with Crippen molar-refractivity contribution >= 4 is 71.9 Å². The molecule has 2 aliphatic heterocycles. The van der Waals surface area contributed by atoms with Crippen LogP contribution in [0, 0.1) is 0 Å². The maximum Gasteiger partial charge on any atom is 0.472 e. The number of carbonyl (C=O) groups excluding carboxylic acids is 2. The molecule has 0 saturated carbocycles. The van der Waals surface area contributed by atoms with Gasteiger partial charge in [0.2, 0.25) is 5.91 Å². The molecule has 28 heteroatoms. The number of rotatable bonds is 19. The van der Waals surface area contributed by atoms with Crippen molar-refractivity contribution in [2.75, 3.05) is 36.7 Å². The third-order valence-corrected chi connectivity index (χ3v) is 11.5. The number of nitrogens with two attached hydrogens (primary N) is 2. The van der Waals surface area contributed by atoms with Gasteiger partial charge in [0.1, 0.15) is 54.3 Å². The van der Waals surface area contributed by atoms with Gasteiger partial charge >= 0.3 is 27.3 Å². The van der Waals surface area contributed by atoms with Gasteiger partial charge in [0.05, 0.1) is 19.5 Å². The Kier molecular flexibility index (Phi) is 14.7. The summed E-state index contributed by atoms with van der Waals surface area (Å²) in [4.78, 5) is 83.7. The van der Waals surface area contributed by atoms with E-state index in [-0.39, 0.29) is 41.4 Å². The fraction of sp³-hybridized carbons (Fsp3) is 0.536. The van der Waals surface area contributed by atoms with E-state index >= 15 is 0 Å². The molecule has 2 fully saturated rings. The van der Waals surface area contributed by atoms with Gasteiger partial charge in [-0.2, -0.15) is 4.98 Å². The molecule has 0 spiro atoms. The number of nitrogen functional groups attached to an aromatic ring is 2. The number of allylic oxidation sites excluding steroid dienone is 1. The van der Waals surface area contributed by atoms with E-state index in [1.807, 2.05) is 0 Å². The molecule has 5 rings (SSSR count). The summed E-state index contributed by atoms with van der Waals surface area (Å²) < 4.78 is 59.7. The highest BCUT2D eigenvalue weighted by Crippen LogP contribution is 2.50. The van der Waals surface area contributed by atoms with Crippen LogP contribution in [-0.2, 0) is 46.5 Å². The van der Waals surface area contributed by atoms with Crippen LogP contribution in [0.3, 0.4) is 0 Å². The zero-order valence-electron chi connectivity index (χ0n) is 29.3. The first-order valence-corrected chi connectivity index (χ1v) is 22.1. The number of amides is 1. The Hall–Kier alpha value is -3.49. The molecule has 9 atom stereocenters. The maximum absolute atomic E-state index is 13.6. The van der Waals surface area contributed by atoms with Crippen molar-refractivity contribution in [2.45, 2.75) is 68.3 Å². The third kappa shape index (κ3) is 11.1. The Balaban J connectivity index is 1.36. The molecule has 5 heterocycles. The van der Waals surface area contributed by atoms with E-state index in [2.05, 4.69) is 36.4 Å². The number of carbonyl (C=O) groups is 2. The number of nitrogens with zero attached hydrogens (tertiary/aromatic N) is 6. The molecule has 0 radical (unpaired) electrons. The number of esters is 1. The van der Waals surface area contributed by atoms with Crippen LogP contribution in [0.2, 0.25) is 0 Å². The lowest BCUT2D eigenvalue weighted by Gasteiger charge is -2.25. The number of ether oxygens (including phenoxy) is 3. The number of aliphatic hydroxyl groups excluding tert-OH is 1. The van der Waals surface area contributed by atoms with E-state index in [4.69, 9.17) is 34.7 Å². The first-order valence-electron chi connectivity index (χ1n) is 16.4. The lowest BCUT2D eigenvalue weighted by molar-refractivity contribution is -0.159. The van der Waals surface area contributed by atoms with Gasteiger partial charge in [-0.1, -0.05) is 27.7 Å². The van der Waals surface area contributed by atoms with E-state index in [0.29, 0.717) is 6.42 Å². The second kappa shape index (κ2) is 18.8. The number of fused-ring (bicyclic) bond motifs is 1. The van der Waals surface area contributed by atoms with Crippen LogP contribution in [0.15, 0.2) is 42.4 Å². The molecule has 5 unspecified atom stereocenters. The molecule has 24 nitrogen and oxygen atoms in total. The number of aromatic nitrogens is 6. The predicted octanol–water partition coefficient (Wildman–Crippen LogP) is -0.221. The molecule has 2 aliphatic rings. The summed E-state index contributed by atoms with van der Waals surface area (Å²) >= 11 is 0. The quantitative estimate of drug-likeness (QED) is 0.0354. The highest BCUT2D eigenvalue weighted by Gasteiger charge is 2.50. The molecule has 3 aromatic rings. The van der Waals surface area contributed by atoms with Gasteiger partial charge in [0.25, 0.3) is 0 Å². The lowest BCUT2D eigenvalue weighted by Crippen LogP contribution is -2.47. The minimum atomic E-state index is -5.19. The predicted molar refractivity (Wildman–Crippen MR) is 197 cm³/mol. The second-order valence-corrected chi connectivity index (χ2v) is 17.3. The van der Waals surface area contributed by atoms with E-state index in [1.165, 1.54) is 50.8 Å². The molecule has 308 valence electrons. The van der Waals surface area contributed by atoms with Gasteiger partial charge < -0.3 is 50.8 Å². The largest absolute Gasteiger partial charge is 0.472 e. The number of phosphoric acid groups is 2. The van der Waals surface area contributed by atoms with Crippen molar-refractivity contribution in [1.82, 2.24) is 34.4 Å². The van der Waals surface area contributed by atoms with Crippen LogP contribution in [0.4, 0.5) is 11.6 Å². The maximum atomic E-state index is 13.6. The average molecular weight is 868 g/mol. The number of imidazole rings is 1. The van der Waals surface area contributed by atoms with Crippen molar-refractivity contribution in [3.05, 3.63) is 48.1 Å². The Morgan fingerprint density at radius 3 is 2.59 bits per heavy atom. The Labute approximate surface area is 324 Å². The van der Waals surface area contributed by atoms with Crippen LogP contribution >= 0.6 is 37.2 Å². The Morgan fingerprint density at radius 2 is 1.89 bits per heavy atom. The van der Waals surface area contributed by atoms with Crippen molar-refractivity contribution in [1.29, 1.82) is 0 Å². The van der Waals surface area contributed by atoms with E-state index in [9.17, 15) is 43.3 Å². The lowest BCUT2D eigenvalue weighted by atomic mass is 10.1. The average Bonchev–Trinajstić information content (AvgIpc) is 3.82. The minimum Gasteiger partial charge on any atom is -0.455 e. The molecule has 2 saturated heterocycles. The molecule has 0 aliphatic carbocycles. The smallest absolute Gasteiger partial charge is 0.455 e. The Bertz CT molecular complexity index is 2040. The SMILES string of the molecule is C=CCCC(=O)N[C@@H](CSSC)C(=O)OC1C(COP(=O)(O)O[C@H]2C[C@H](n3ccc(N)nc3=O)O[C@@H]2COP(=O)(O)O)OC(n2cnc3c(N)ncnc32)C1O. The second-order valence-electron chi connectivity index (χ2n) is 12.0. The zero-order chi connectivity index (χ0) is 40.8. The van der Waals surface area contributed by atoms with Gasteiger partial charge in [-0.25, -0.2) is 33.7 Å². The highest BCUT2D eigenvalue weighted by molar-refractivity contribution is 8.76. The van der Waals surface area contributed by atoms with E-state index in [0.717, 1.165) is 10.9 Å². The summed E-state index contributed by atoms with van der Waals surface area (Å²) in [5, 5.41) is 14.1. The Morgan fingerprint density at radius 1 is 1.14 bits per heavy atom. The van der Waals surface area contributed by atoms with E-state index < -0.39 is 95.4 Å². The first-order chi connectivity index (χ1) is 26.5. The van der Waals surface area contributed by atoms with Gasteiger partial charge in [0, 0.05) is 24.8 Å². The summed E-state index contributed by atoms with van der Waals surface area (Å²) in [6.07, 6.45) is -3.27. The third-order valence-electron chi connectivity index (χ3n) is 8.19. The molecule has 0 bridgehead atoms. The normalized spacial score (nSPS) is 25.5. The molecule has 1 amide bonds. The molecule has 9 N–H and O–H groups in total. The highest BCUT2D eigenvalue weighted by atomic mass is 33.1. The summed E-state index contributed by atoms with van der Waals surface area (Å²) in [5.74, 6) is -1.43. The monoisotopic (exact) mass is 867 g/mol. The van der Waals surface area contributed by atoms with Crippen LogP contribution in [-0.4, -0.2) is 123 Å². The molecular weight excluding hydrogens is 828 g/mol. The molecule has 3 aromatic heterocycles. The summed E-state index contributed by atoms with van der Waals surface area (Å²) in [7, 11) is -7.66. The van der Waals surface area contributed by atoms with Crippen LogP contribution in [0.5, 0.6) is 0 Å². The number of nitrogens with one attached hydrogen (secondary N) is 1. The molecule has 56 heavy (non-hydrogen) atoms. The number of hydrogen-bond acceptors (Lipinski definition) is 20. The van der Waals surface area contributed by atoms with Gasteiger partial charge in [0.15, 0.2) is 23.8 Å². The van der Waals surface area contributed by atoms with Gasteiger partial charge in [-0.05, 0) is 18.7 Å². The van der Waals surface area contributed by atoms with Crippen molar-refractivity contribution < 1.29 is 66.3 Å². The number of hydrogen-bond donors (Lipinski definition) is 7. The van der Waals surface area contributed by atoms with Crippen LogP contribution in [0.25, 0.3) is 11.2 Å². The standard InChI is InChI=1S/C28H39N9O15P2S2/c1-3-4-5-19(38)34-14(11-56-55-2)27(40)51-23-17(50-26(22(23)39)37-13-33-21-24(30)31-12-32-25(21)37)10-48-54(45,46)52-15-8-20(36-7-6-18(29)35-28(36)41)49-16(15)9-47-53(42,43)44/h3,6-7,12-17,20,22-23,26,39H,1,4-5,8-11H2,2H3,(H,34,38)(H,45,46)(H2,29,35,41)(H2,30,31,32)(H2,42,43,44)/t14-,15-,16+,17?,20+,22?,23?,26?/m0/s1. The van der Waals surface area contributed by atoms with Crippen molar-refractivity contribution in [2.24, 2.45) is 0 Å². The number of anilines is 2. The zero-order valence-corrected chi connectivity index (χ0v) is 32.7. The van der Waals surface area contributed by atoms with E-state index in [1.54, 1.807) is 6.26 Å². The summed E-state index contributed by atoms with van der Waals surface area (Å²) in [6.45, 7) is 1.88. The fourth-order valence-electron chi connectivity index (χ4n) is 5.62.